The Kier molecular flexibility index (Phi) is 5.48. The van der Waals surface area contributed by atoms with Gasteiger partial charge in [0.2, 0.25) is 5.88 Å². The number of ether oxygens (including phenoxy) is 1. The second-order valence-corrected chi connectivity index (χ2v) is 6.88. The van der Waals surface area contributed by atoms with Gasteiger partial charge in [-0.2, -0.15) is 18.2 Å². The van der Waals surface area contributed by atoms with Crippen LogP contribution in [0.1, 0.15) is 21.7 Å². The number of halogens is 4. The van der Waals surface area contributed by atoms with Crippen molar-refractivity contribution < 1.29 is 27.1 Å². The van der Waals surface area contributed by atoms with E-state index < -0.39 is 23.5 Å². The molecule has 0 saturated heterocycles. The number of aryl methyl sites for hydroxylation is 1. The molecule has 9 heteroatoms. The number of benzene rings is 3. The van der Waals surface area contributed by atoms with Crippen LogP contribution in [0.3, 0.4) is 0 Å². The van der Waals surface area contributed by atoms with Crippen molar-refractivity contribution >= 4 is 22.4 Å². The molecule has 1 amide bonds. The minimum atomic E-state index is -4.87. The molecule has 0 spiro atoms. The number of carbonyl (C=O) groups is 1. The number of alkyl halides is 3. The van der Waals surface area contributed by atoms with Gasteiger partial charge in [0.25, 0.3) is 5.91 Å². The van der Waals surface area contributed by atoms with E-state index in [9.17, 15) is 22.4 Å². The number of hydrogen-bond donors (Lipinski definition) is 1. The third-order valence-corrected chi connectivity index (χ3v) is 4.60. The number of nitrogens with one attached hydrogen (secondary N) is 1. The van der Waals surface area contributed by atoms with Gasteiger partial charge in [0.1, 0.15) is 17.4 Å². The van der Waals surface area contributed by atoms with Gasteiger partial charge < -0.3 is 10.1 Å². The Balaban J connectivity index is 1.61. The molecule has 0 unspecified atom stereocenters. The van der Waals surface area contributed by atoms with Gasteiger partial charge in [-0.15, -0.1) is 0 Å². The highest BCUT2D eigenvalue weighted by Crippen LogP contribution is 2.33. The van der Waals surface area contributed by atoms with Gasteiger partial charge in [-0.25, -0.2) is 9.37 Å². The maximum Gasteiger partial charge on any atom is 0.419 e. The zero-order chi connectivity index (χ0) is 22.9. The summed E-state index contributed by atoms with van der Waals surface area (Å²) in [6.07, 6.45) is -3.30. The van der Waals surface area contributed by atoms with Crippen LogP contribution in [0, 0.1) is 12.7 Å². The molecule has 5 nitrogen and oxygen atoms in total. The summed E-state index contributed by atoms with van der Waals surface area (Å²) in [4.78, 5) is 20.9. The summed E-state index contributed by atoms with van der Waals surface area (Å²) in [5.41, 5.74) is -1.38. The fraction of sp³-hybridized carbons (Fsp3) is 0.0870. The predicted molar refractivity (Wildman–Crippen MR) is 110 cm³/mol. The number of carbonyl (C=O) groups excluding carboxylic acids is 1. The monoisotopic (exact) mass is 441 g/mol. The summed E-state index contributed by atoms with van der Waals surface area (Å²) in [6.45, 7) is 1.73. The minimum absolute atomic E-state index is 0.167. The van der Waals surface area contributed by atoms with E-state index in [4.69, 9.17) is 4.74 Å². The van der Waals surface area contributed by atoms with Crippen LogP contribution in [0.2, 0.25) is 0 Å². The molecule has 4 rings (SSSR count). The number of nitrogens with zero attached hydrogens (tertiary/aromatic N) is 2. The van der Waals surface area contributed by atoms with Gasteiger partial charge in [-0.3, -0.25) is 4.79 Å². The molecule has 0 saturated carbocycles. The van der Waals surface area contributed by atoms with Crippen LogP contribution in [-0.4, -0.2) is 15.9 Å². The van der Waals surface area contributed by atoms with Crippen molar-refractivity contribution in [1.29, 1.82) is 0 Å². The van der Waals surface area contributed by atoms with Gasteiger partial charge in [-0.05, 0) is 60.2 Å². The second-order valence-electron chi connectivity index (χ2n) is 6.88. The van der Waals surface area contributed by atoms with E-state index >= 15 is 0 Å². The molecule has 1 aromatic heterocycles. The average molecular weight is 441 g/mol. The third kappa shape index (κ3) is 4.51. The number of anilines is 1. The SMILES string of the molecule is Cc1nccc(Oc2ccc3c(C(=O)Nc4ccc(F)c(C(F)(F)F)c4)cccc3c2)n1. The highest BCUT2D eigenvalue weighted by molar-refractivity contribution is 6.13. The van der Waals surface area contributed by atoms with Crippen LogP contribution in [-0.2, 0) is 6.18 Å². The van der Waals surface area contributed by atoms with Crippen molar-refractivity contribution in [1.82, 2.24) is 9.97 Å². The fourth-order valence-electron chi connectivity index (χ4n) is 3.15. The maximum atomic E-state index is 13.5. The normalized spacial score (nSPS) is 11.4. The van der Waals surface area contributed by atoms with Gasteiger partial charge in [0.15, 0.2) is 0 Å². The number of aromatic nitrogens is 2. The number of hydrogen-bond acceptors (Lipinski definition) is 4. The summed E-state index contributed by atoms with van der Waals surface area (Å²) in [6, 6.07) is 13.9. The molecule has 0 radical (unpaired) electrons. The number of rotatable bonds is 4. The number of amides is 1. The third-order valence-electron chi connectivity index (χ3n) is 4.60. The van der Waals surface area contributed by atoms with Crippen molar-refractivity contribution in [3.05, 3.63) is 89.6 Å². The van der Waals surface area contributed by atoms with E-state index in [-0.39, 0.29) is 11.3 Å². The van der Waals surface area contributed by atoms with E-state index in [1.54, 1.807) is 55.6 Å². The zero-order valence-corrected chi connectivity index (χ0v) is 16.6. The largest absolute Gasteiger partial charge is 0.439 e. The molecule has 0 fully saturated rings. The lowest BCUT2D eigenvalue weighted by molar-refractivity contribution is -0.139. The van der Waals surface area contributed by atoms with Gasteiger partial charge >= 0.3 is 6.18 Å². The smallest absolute Gasteiger partial charge is 0.419 e. The lowest BCUT2D eigenvalue weighted by atomic mass is 10.0. The Morgan fingerprint density at radius 2 is 1.84 bits per heavy atom. The molecule has 1 heterocycles. The molecule has 0 bridgehead atoms. The van der Waals surface area contributed by atoms with E-state index in [0.29, 0.717) is 40.4 Å². The maximum absolute atomic E-state index is 13.5. The second kappa shape index (κ2) is 8.26. The molecule has 32 heavy (non-hydrogen) atoms. The highest BCUT2D eigenvalue weighted by Gasteiger charge is 2.34. The summed E-state index contributed by atoms with van der Waals surface area (Å²) < 4.78 is 58.0. The van der Waals surface area contributed by atoms with Crippen LogP contribution in [0.5, 0.6) is 11.6 Å². The highest BCUT2D eigenvalue weighted by atomic mass is 19.4. The molecule has 0 aliphatic rings. The first-order valence-corrected chi connectivity index (χ1v) is 9.39. The first-order valence-electron chi connectivity index (χ1n) is 9.39. The Morgan fingerprint density at radius 1 is 1.03 bits per heavy atom. The zero-order valence-electron chi connectivity index (χ0n) is 16.6. The molecule has 4 aromatic rings. The van der Waals surface area contributed by atoms with Crippen molar-refractivity contribution in [2.45, 2.75) is 13.1 Å². The molecule has 162 valence electrons. The lowest BCUT2D eigenvalue weighted by Gasteiger charge is -2.12. The standard InChI is InChI=1S/C23H15F4N3O2/c1-13-28-10-9-21(29-13)32-16-6-7-17-14(11-16)3-2-4-18(17)22(31)30-15-5-8-20(24)19(12-15)23(25,26)27/h2-12H,1H3,(H,30,31). The Labute approximate surface area is 179 Å². The van der Waals surface area contributed by atoms with Crippen LogP contribution in [0.15, 0.2) is 66.9 Å². The van der Waals surface area contributed by atoms with E-state index in [0.717, 1.165) is 6.07 Å². The molecule has 0 aliphatic heterocycles. The Bertz CT molecular complexity index is 1320. The lowest BCUT2D eigenvalue weighted by Crippen LogP contribution is -2.14. The quantitative estimate of drug-likeness (QED) is 0.387. The van der Waals surface area contributed by atoms with E-state index in [2.05, 4.69) is 15.3 Å². The van der Waals surface area contributed by atoms with Crippen molar-refractivity contribution in [2.75, 3.05) is 5.32 Å². The van der Waals surface area contributed by atoms with Crippen LogP contribution < -0.4 is 10.1 Å². The summed E-state index contributed by atoms with van der Waals surface area (Å²) in [7, 11) is 0. The molecule has 3 aromatic carbocycles. The molecular weight excluding hydrogens is 426 g/mol. The summed E-state index contributed by atoms with van der Waals surface area (Å²) in [5.74, 6) is -0.636. The number of fused-ring (bicyclic) bond motifs is 1. The molecular formula is C23H15F4N3O2. The van der Waals surface area contributed by atoms with Crippen LogP contribution in [0.25, 0.3) is 10.8 Å². The van der Waals surface area contributed by atoms with Crippen LogP contribution in [0.4, 0.5) is 23.2 Å². The molecule has 0 aliphatic carbocycles. The van der Waals surface area contributed by atoms with Gasteiger partial charge in [-0.1, -0.05) is 12.1 Å². The first-order chi connectivity index (χ1) is 15.2. The minimum Gasteiger partial charge on any atom is -0.439 e. The Hall–Kier alpha value is -4.01. The van der Waals surface area contributed by atoms with E-state index in [1.807, 2.05) is 0 Å². The van der Waals surface area contributed by atoms with Gasteiger partial charge in [0.05, 0.1) is 5.56 Å². The fourth-order valence-corrected chi connectivity index (χ4v) is 3.15. The average Bonchev–Trinajstić information content (AvgIpc) is 2.73. The van der Waals surface area contributed by atoms with E-state index in [1.165, 1.54) is 0 Å². The first kappa shape index (κ1) is 21.2. The summed E-state index contributed by atoms with van der Waals surface area (Å²) in [5, 5.41) is 3.64. The van der Waals surface area contributed by atoms with Crippen molar-refractivity contribution in [3.8, 4) is 11.6 Å². The van der Waals surface area contributed by atoms with Crippen molar-refractivity contribution in [2.24, 2.45) is 0 Å². The Morgan fingerprint density at radius 3 is 2.59 bits per heavy atom. The van der Waals surface area contributed by atoms with Gasteiger partial charge in [0, 0.05) is 23.5 Å². The topological polar surface area (TPSA) is 64.1 Å². The van der Waals surface area contributed by atoms with Crippen molar-refractivity contribution in [3.63, 3.8) is 0 Å². The molecule has 0 atom stereocenters. The summed E-state index contributed by atoms with van der Waals surface area (Å²) >= 11 is 0. The van der Waals surface area contributed by atoms with Crippen LogP contribution >= 0.6 is 0 Å². The predicted octanol–water partition coefficient (Wildman–Crippen LogP) is 6.14. The molecule has 1 N–H and O–H groups in total.